The monoisotopic (exact) mass is 344 g/mol. The third-order valence-corrected chi connectivity index (χ3v) is 5.04. The van der Waals surface area contributed by atoms with Crippen LogP contribution in [0, 0.1) is 6.92 Å². The number of anilines is 1. The van der Waals surface area contributed by atoms with E-state index >= 15 is 0 Å². The molecule has 2 saturated heterocycles. The molecule has 0 bridgehead atoms. The van der Waals surface area contributed by atoms with E-state index in [4.69, 9.17) is 0 Å². The summed E-state index contributed by atoms with van der Waals surface area (Å²) in [7, 11) is 3.34. The van der Waals surface area contributed by atoms with E-state index in [0.717, 1.165) is 11.3 Å². The zero-order valence-corrected chi connectivity index (χ0v) is 14.9. The van der Waals surface area contributed by atoms with Crippen molar-refractivity contribution in [3.8, 4) is 0 Å². The summed E-state index contributed by atoms with van der Waals surface area (Å²) in [6.07, 6.45) is 1.18. The lowest BCUT2D eigenvalue weighted by Crippen LogP contribution is -2.51. The lowest BCUT2D eigenvalue weighted by molar-refractivity contribution is -0.129. The van der Waals surface area contributed by atoms with E-state index in [1.54, 1.807) is 23.9 Å². The molecule has 1 aromatic rings. The molecule has 0 aliphatic carbocycles. The van der Waals surface area contributed by atoms with Gasteiger partial charge in [-0.05, 0) is 31.9 Å². The molecule has 2 atom stereocenters. The molecule has 2 aliphatic heterocycles. The van der Waals surface area contributed by atoms with Crippen molar-refractivity contribution < 1.29 is 14.4 Å². The number of carbonyl (C=O) groups is 3. The van der Waals surface area contributed by atoms with E-state index in [9.17, 15) is 14.4 Å². The quantitative estimate of drug-likeness (QED) is 0.888. The average molecular weight is 344 g/mol. The largest absolute Gasteiger partial charge is 0.344 e. The Balaban J connectivity index is 1.62. The van der Waals surface area contributed by atoms with Crippen LogP contribution >= 0.6 is 0 Å². The Labute approximate surface area is 147 Å². The summed E-state index contributed by atoms with van der Waals surface area (Å²) in [5.74, 6) is -0.169. The molecular weight excluding hydrogens is 320 g/mol. The number of likely N-dealkylation sites (tertiary alicyclic amines) is 1. The fourth-order valence-electron chi connectivity index (χ4n) is 3.35. The van der Waals surface area contributed by atoms with Gasteiger partial charge in [0.25, 0.3) is 0 Å². The molecule has 0 spiro atoms. The predicted octanol–water partition coefficient (Wildman–Crippen LogP) is 0.972. The second-order valence-corrected chi connectivity index (χ2v) is 6.79. The molecule has 1 N–H and O–H groups in total. The average Bonchev–Trinajstić information content (AvgIpc) is 3.11. The highest BCUT2D eigenvalue weighted by atomic mass is 16.2. The lowest BCUT2D eigenvalue weighted by atomic mass is 10.2. The summed E-state index contributed by atoms with van der Waals surface area (Å²) in [4.78, 5) is 41.8. The minimum absolute atomic E-state index is 0.0586. The summed E-state index contributed by atoms with van der Waals surface area (Å²) in [5, 5.41) is 2.78. The predicted molar refractivity (Wildman–Crippen MR) is 94.3 cm³/mol. The van der Waals surface area contributed by atoms with Gasteiger partial charge in [0.05, 0.1) is 0 Å². The van der Waals surface area contributed by atoms with E-state index < -0.39 is 12.1 Å². The number of nitrogens with zero attached hydrogens (tertiary/aromatic N) is 3. The van der Waals surface area contributed by atoms with Crippen LogP contribution in [0.2, 0.25) is 0 Å². The third kappa shape index (κ3) is 3.31. The van der Waals surface area contributed by atoms with Gasteiger partial charge < -0.3 is 20.0 Å². The topological polar surface area (TPSA) is 73.0 Å². The normalized spacial score (nSPS) is 23.3. The lowest BCUT2D eigenvalue weighted by Gasteiger charge is -2.25. The van der Waals surface area contributed by atoms with Crippen molar-refractivity contribution >= 4 is 23.5 Å². The fraction of sp³-hybridized carbons (Fsp3) is 0.500. The maximum Gasteiger partial charge on any atom is 0.318 e. The number of hydrogen-bond acceptors (Lipinski definition) is 3. The van der Waals surface area contributed by atoms with Crippen molar-refractivity contribution in [2.24, 2.45) is 0 Å². The van der Waals surface area contributed by atoms with Gasteiger partial charge in [-0.25, -0.2) is 4.79 Å². The number of aryl methyl sites for hydroxylation is 1. The van der Waals surface area contributed by atoms with Crippen molar-refractivity contribution in [3.63, 3.8) is 0 Å². The molecule has 0 aromatic heterocycles. The van der Waals surface area contributed by atoms with Crippen LogP contribution in [0.5, 0.6) is 0 Å². The minimum atomic E-state index is -0.550. The van der Waals surface area contributed by atoms with E-state index in [2.05, 4.69) is 5.32 Å². The van der Waals surface area contributed by atoms with Gasteiger partial charge >= 0.3 is 6.03 Å². The Hall–Kier alpha value is -2.57. The second kappa shape index (κ2) is 6.74. The number of benzene rings is 1. The van der Waals surface area contributed by atoms with Crippen LogP contribution in [0.15, 0.2) is 24.3 Å². The SMILES string of the molecule is Cc1ccc(N2CCC(NC(=O)N(C)C3CCN(C)C3=O)C2=O)cc1. The minimum Gasteiger partial charge on any atom is -0.344 e. The highest BCUT2D eigenvalue weighted by Gasteiger charge is 2.38. The van der Waals surface area contributed by atoms with E-state index in [1.807, 2.05) is 31.2 Å². The Morgan fingerprint density at radius 3 is 2.40 bits per heavy atom. The molecule has 134 valence electrons. The van der Waals surface area contributed by atoms with Crippen LogP contribution in [0.25, 0.3) is 0 Å². The van der Waals surface area contributed by atoms with Gasteiger partial charge in [0, 0.05) is 32.9 Å². The molecule has 3 rings (SSSR count). The smallest absolute Gasteiger partial charge is 0.318 e. The Morgan fingerprint density at radius 2 is 1.80 bits per heavy atom. The highest BCUT2D eigenvalue weighted by molar-refractivity contribution is 6.01. The zero-order valence-electron chi connectivity index (χ0n) is 14.9. The molecule has 0 saturated carbocycles. The summed E-state index contributed by atoms with van der Waals surface area (Å²) in [6.45, 7) is 3.21. The number of hydrogen-bond donors (Lipinski definition) is 1. The summed E-state index contributed by atoms with van der Waals surface area (Å²) >= 11 is 0. The van der Waals surface area contributed by atoms with Gasteiger partial charge in [-0.3, -0.25) is 9.59 Å². The molecule has 2 aliphatic rings. The molecule has 2 heterocycles. The third-order valence-electron chi connectivity index (χ3n) is 5.04. The van der Waals surface area contributed by atoms with Crippen molar-refractivity contribution in [2.75, 3.05) is 32.1 Å². The first kappa shape index (κ1) is 17.3. The maximum absolute atomic E-state index is 12.6. The van der Waals surface area contributed by atoms with Crippen molar-refractivity contribution in [3.05, 3.63) is 29.8 Å². The number of likely N-dealkylation sites (N-methyl/N-ethyl adjacent to an activating group) is 2. The van der Waals surface area contributed by atoms with Gasteiger partial charge in [-0.1, -0.05) is 17.7 Å². The molecule has 7 nitrogen and oxygen atoms in total. The van der Waals surface area contributed by atoms with Gasteiger partial charge in [-0.2, -0.15) is 0 Å². The first-order valence-electron chi connectivity index (χ1n) is 8.55. The second-order valence-electron chi connectivity index (χ2n) is 6.79. The van der Waals surface area contributed by atoms with Crippen LogP contribution in [0.3, 0.4) is 0 Å². The maximum atomic E-state index is 12.6. The van der Waals surface area contributed by atoms with Crippen LogP contribution in [-0.2, 0) is 9.59 Å². The first-order chi connectivity index (χ1) is 11.9. The molecule has 2 unspecified atom stereocenters. The molecule has 0 radical (unpaired) electrons. The molecular formula is C18H24N4O3. The molecule has 2 fully saturated rings. The zero-order chi connectivity index (χ0) is 18.1. The number of urea groups is 1. The van der Waals surface area contributed by atoms with E-state index in [1.165, 1.54) is 4.90 Å². The van der Waals surface area contributed by atoms with Crippen molar-refractivity contribution in [1.82, 2.24) is 15.1 Å². The summed E-state index contributed by atoms with van der Waals surface area (Å²) < 4.78 is 0. The van der Waals surface area contributed by atoms with Gasteiger partial charge in [0.15, 0.2) is 0 Å². The van der Waals surface area contributed by atoms with Gasteiger partial charge in [-0.15, -0.1) is 0 Å². The number of rotatable bonds is 3. The van der Waals surface area contributed by atoms with E-state index in [-0.39, 0.29) is 17.8 Å². The van der Waals surface area contributed by atoms with Gasteiger partial charge in [0.1, 0.15) is 12.1 Å². The number of nitrogens with one attached hydrogen (secondary N) is 1. The molecule has 4 amide bonds. The number of carbonyl (C=O) groups excluding carboxylic acids is 3. The van der Waals surface area contributed by atoms with Crippen LogP contribution < -0.4 is 10.2 Å². The molecule has 1 aromatic carbocycles. The standard InChI is InChI=1S/C18H24N4O3/c1-12-4-6-13(7-5-12)22-11-8-14(16(22)23)19-18(25)21(3)15-9-10-20(2)17(15)24/h4-7,14-15H,8-11H2,1-3H3,(H,19,25). The van der Waals surface area contributed by atoms with Crippen molar-refractivity contribution in [1.29, 1.82) is 0 Å². The highest BCUT2D eigenvalue weighted by Crippen LogP contribution is 2.22. The Bertz CT molecular complexity index is 688. The molecule has 25 heavy (non-hydrogen) atoms. The van der Waals surface area contributed by atoms with Crippen LogP contribution in [0.4, 0.5) is 10.5 Å². The summed E-state index contributed by atoms with van der Waals surface area (Å²) in [6, 6.07) is 6.38. The van der Waals surface area contributed by atoms with Gasteiger partial charge in [0.2, 0.25) is 11.8 Å². The first-order valence-corrected chi connectivity index (χ1v) is 8.55. The summed E-state index contributed by atoms with van der Waals surface area (Å²) in [5.41, 5.74) is 1.97. The fourth-order valence-corrected chi connectivity index (χ4v) is 3.35. The Morgan fingerprint density at radius 1 is 1.12 bits per heavy atom. The Kier molecular flexibility index (Phi) is 4.65. The van der Waals surface area contributed by atoms with Crippen molar-refractivity contribution in [2.45, 2.75) is 31.8 Å². The van der Waals surface area contributed by atoms with E-state index in [0.29, 0.717) is 25.9 Å². The van der Waals surface area contributed by atoms with Crippen LogP contribution in [-0.4, -0.2) is 66.9 Å². The van der Waals surface area contributed by atoms with Crippen LogP contribution in [0.1, 0.15) is 18.4 Å². The molecule has 7 heteroatoms. The number of amides is 4.